The van der Waals surface area contributed by atoms with Crippen molar-refractivity contribution in [3.8, 4) is 11.1 Å². The number of benzene rings is 1. The lowest BCUT2D eigenvalue weighted by molar-refractivity contribution is -0.152. The third-order valence-electron chi connectivity index (χ3n) is 5.79. The Balaban J connectivity index is 2.40. The van der Waals surface area contributed by atoms with Gasteiger partial charge in [-0.25, -0.2) is 22.7 Å². The van der Waals surface area contributed by atoms with Crippen molar-refractivity contribution in [3.63, 3.8) is 0 Å². The SMILES string of the molecule is CCCCOC(=O)NS(=O)(=O)c1sc(CC(C)C)cc1-c1ccc(CN(C(C)=O)[C@H](C(=O)O)C(C)C)cc1. The minimum absolute atomic E-state index is 0.0180. The van der Waals surface area contributed by atoms with E-state index in [2.05, 4.69) is 0 Å². The Morgan fingerprint density at radius 3 is 2.24 bits per heavy atom. The van der Waals surface area contributed by atoms with Crippen LogP contribution >= 0.6 is 11.3 Å². The summed E-state index contributed by atoms with van der Waals surface area (Å²) in [5, 5.41) is 9.64. The van der Waals surface area contributed by atoms with Gasteiger partial charge in [0.05, 0.1) is 6.61 Å². The average Bonchev–Trinajstić information content (AvgIpc) is 3.22. The molecule has 0 fully saturated rings. The lowest BCUT2D eigenvalue weighted by atomic mass is 10.0. The fraction of sp³-hybridized carbons (Fsp3) is 0.519. The molecule has 0 aliphatic heterocycles. The van der Waals surface area contributed by atoms with Gasteiger partial charge in [-0.2, -0.15) is 0 Å². The van der Waals surface area contributed by atoms with Gasteiger partial charge in [-0.1, -0.05) is 65.3 Å². The van der Waals surface area contributed by atoms with Crippen molar-refractivity contribution in [2.45, 2.75) is 77.6 Å². The van der Waals surface area contributed by atoms with Crippen molar-refractivity contribution in [1.82, 2.24) is 9.62 Å². The zero-order valence-electron chi connectivity index (χ0n) is 22.8. The second-order valence-electron chi connectivity index (χ2n) is 9.98. The van der Waals surface area contributed by atoms with E-state index in [0.29, 0.717) is 35.4 Å². The van der Waals surface area contributed by atoms with Crippen molar-refractivity contribution < 1.29 is 32.6 Å². The molecule has 2 N–H and O–H groups in total. The van der Waals surface area contributed by atoms with Gasteiger partial charge in [-0.05, 0) is 41.9 Å². The number of rotatable bonds is 13. The van der Waals surface area contributed by atoms with Gasteiger partial charge >= 0.3 is 12.1 Å². The smallest absolute Gasteiger partial charge is 0.421 e. The van der Waals surface area contributed by atoms with E-state index in [1.165, 1.54) is 11.8 Å². The molecule has 0 unspecified atom stereocenters. The molecule has 210 valence electrons. The Labute approximate surface area is 229 Å². The zero-order valence-corrected chi connectivity index (χ0v) is 24.4. The van der Waals surface area contributed by atoms with E-state index in [0.717, 1.165) is 22.6 Å². The summed E-state index contributed by atoms with van der Waals surface area (Å²) < 4.78 is 33.3. The van der Waals surface area contributed by atoms with Crippen LogP contribution in [0.4, 0.5) is 4.79 Å². The molecule has 2 rings (SSSR count). The van der Waals surface area contributed by atoms with Crippen LogP contribution in [0.15, 0.2) is 34.5 Å². The molecule has 9 nitrogen and oxygen atoms in total. The van der Waals surface area contributed by atoms with Gasteiger partial charge in [-0.15, -0.1) is 11.3 Å². The zero-order chi connectivity index (χ0) is 28.6. The van der Waals surface area contributed by atoms with Crippen molar-refractivity contribution in [2.24, 2.45) is 11.8 Å². The molecule has 2 aromatic rings. The maximum Gasteiger partial charge on any atom is 0.421 e. The lowest BCUT2D eigenvalue weighted by Crippen LogP contribution is -2.46. The van der Waals surface area contributed by atoms with E-state index in [4.69, 9.17) is 4.74 Å². The van der Waals surface area contributed by atoms with Gasteiger partial charge in [0.15, 0.2) is 0 Å². The number of hydrogen-bond acceptors (Lipinski definition) is 7. The molecular weight excluding hydrogens is 528 g/mol. The molecule has 0 aliphatic rings. The van der Waals surface area contributed by atoms with Crippen LogP contribution in [0.25, 0.3) is 11.1 Å². The Morgan fingerprint density at radius 2 is 1.74 bits per heavy atom. The largest absolute Gasteiger partial charge is 0.480 e. The molecule has 0 bridgehead atoms. The van der Waals surface area contributed by atoms with E-state index < -0.39 is 28.1 Å². The van der Waals surface area contributed by atoms with Crippen molar-refractivity contribution in [2.75, 3.05) is 6.61 Å². The predicted octanol–water partition coefficient (Wildman–Crippen LogP) is 5.29. The molecule has 2 amide bonds. The van der Waals surface area contributed by atoms with Gasteiger partial charge in [0.25, 0.3) is 10.0 Å². The van der Waals surface area contributed by atoms with Gasteiger partial charge in [0.1, 0.15) is 10.3 Å². The van der Waals surface area contributed by atoms with Crippen LogP contribution in [0, 0.1) is 11.8 Å². The lowest BCUT2D eigenvalue weighted by Gasteiger charge is -2.30. The van der Waals surface area contributed by atoms with Crippen molar-refractivity contribution >= 4 is 39.3 Å². The molecule has 0 radical (unpaired) electrons. The second kappa shape index (κ2) is 13.7. The number of unbranched alkanes of at least 4 members (excludes halogenated alkanes) is 1. The number of thiophene rings is 1. The highest BCUT2D eigenvalue weighted by Crippen LogP contribution is 2.36. The number of carboxylic acid groups (broad SMARTS) is 1. The number of nitrogens with one attached hydrogen (secondary N) is 1. The number of carbonyl (C=O) groups is 3. The molecule has 38 heavy (non-hydrogen) atoms. The third-order valence-corrected chi connectivity index (χ3v) is 8.80. The van der Waals surface area contributed by atoms with Gasteiger partial charge in [0.2, 0.25) is 5.91 Å². The van der Waals surface area contributed by atoms with Crippen molar-refractivity contribution in [1.29, 1.82) is 0 Å². The standard InChI is InChI=1S/C27H38N2O7S2/c1-7-8-13-36-27(33)28-38(34,35)26-23(15-22(37-26)14-17(2)3)21-11-9-20(10-12-21)16-29(19(6)30)24(18(4)5)25(31)32/h9-12,15,17-18,24H,7-8,13-14,16H2,1-6H3,(H,28,33)(H,31,32)/t24-/m0/s1. The molecule has 0 spiro atoms. The number of hydrogen-bond donors (Lipinski definition) is 2. The van der Waals surface area contributed by atoms with E-state index in [-0.39, 0.29) is 29.2 Å². The first-order valence-electron chi connectivity index (χ1n) is 12.7. The average molecular weight is 567 g/mol. The summed E-state index contributed by atoms with van der Waals surface area (Å²) in [6.45, 7) is 11.1. The molecule has 1 aromatic heterocycles. The molecule has 0 aliphatic carbocycles. The first kappa shape index (κ1) is 31.3. The number of aliphatic carboxylic acids is 1. The first-order valence-corrected chi connectivity index (χ1v) is 15.0. The Hall–Kier alpha value is -2.92. The minimum Gasteiger partial charge on any atom is -0.480 e. The van der Waals surface area contributed by atoms with Crippen LogP contribution in [0.3, 0.4) is 0 Å². The quantitative estimate of drug-likeness (QED) is 0.315. The molecule has 1 heterocycles. The number of ether oxygens (including phenoxy) is 1. The van der Waals surface area contributed by atoms with Crippen LogP contribution in [-0.4, -0.2) is 49.0 Å². The molecule has 11 heteroatoms. The van der Waals surface area contributed by atoms with Crippen molar-refractivity contribution in [3.05, 3.63) is 40.8 Å². The summed E-state index contributed by atoms with van der Waals surface area (Å²) in [6, 6.07) is 7.80. The topological polar surface area (TPSA) is 130 Å². The number of nitrogens with zero attached hydrogens (tertiary/aromatic N) is 1. The summed E-state index contributed by atoms with van der Waals surface area (Å²) in [7, 11) is -4.19. The Kier molecular flexibility index (Phi) is 11.3. The van der Waals surface area contributed by atoms with Crippen LogP contribution in [0.1, 0.15) is 64.8 Å². The second-order valence-corrected chi connectivity index (χ2v) is 13.0. The fourth-order valence-corrected chi connectivity index (χ4v) is 6.83. The summed E-state index contributed by atoms with van der Waals surface area (Å²) in [5.41, 5.74) is 1.78. The van der Waals surface area contributed by atoms with E-state index >= 15 is 0 Å². The number of carboxylic acids is 1. The van der Waals surface area contributed by atoms with Gasteiger partial charge < -0.3 is 14.7 Å². The Morgan fingerprint density at radius 1 is 1.11 bits per heavy atom. The number of sulfonamides is 1. The predicted molar refractivity (Wildman–Crippen MR) is 147 cm³/mol. The molecular formula is C27H38N2O7S2. The highest BCUT2D eigenvalue weighted by atomic mass is 32.2. The van der Waals surface area contributed by atoms with Crippen LogP contribution in [-0.2, 0) is 37.3 Å². The summed E-state index contributed by atoms with van der Waals surface area (Å²) in [5.74, 6) is -1.41. The maximum absolute atomic E-state index is 13.2. The molecule has 1 aromatic carbocycles. The summed E-state index contributed by atoms with van der Waals surface area (Å²) in [6.07, 6.45) is 1.10. The molecule has 0 saturated carbocycles. The number of carbonyl (C=O) groups excluding carboxylic acids is 2. The van der Waals surface area contributed by atoms with E-state index in [9.17, 15) is 27.9 Å². The maximum atomic E-state index is 13.2. The van der Waals surface area contributed by atoms with Gasteiger partial charge in [0, 0.05) is 23.9 Å². The summed E-state index contributed by atoms with van der Waals surface area (Å²) >= 11 is 1.11. The molecule has 1 atom stereocenters. The summed E-state index contributed by atoms with van der Waals surface area (Å²) in [4.78, 5) is 38.3. The normalized spacial score (nSPS) is 12.4. The van der Waals surface area contributed by atoms with Crippen LogP contribution < -0.4 is 4.72 Å². The first-order chi connectivity index (χ1) is 17.8. The highest BCUT2D eigenvalue weighted by molar-refractivity contribution is 7.92. The third kappa shape index (κ3) is 8.56. The van der Waals surface area contributed by atoms with Crippen LogP contribution in [0.5, 0.6) is 0 Å². The van der Waals surface area contributed by atoms with Crippen LogP contribution in [0.2, 0.25) is 0 Å². The highest BCUT2D eigenvalue weighted by Gasteiger charge is 2.31. The number of amides is 2. The Bertz CT molecular complexity index is 1220. The fourth-order valence-electron chi connectivity index (χ4n) is 3.99. The van der Waals surface area contributed by atoms with E-state index in [1.54, 1.807) is 38.1 Å². The molecule has 0 saturated heterocycles. The van der Waals surface area contributed by atoms with E-state index in [1.807, 2.05) is 31.6 Å². The van der Waals surface area contributed by atoms with Gasteiger partial charge in [-0.3, -0.25) is 4.79 Å². The monoisotopic (exact) mass is 566 g/mol. The minimum atomic E-state index is -4.19.